The highest BCUT2D eigenvalue weighted by Crippen LogP contribution is 2.26. The zero-order valence-corrected chi connectivity index (χ0v) is 14.7. The van der Waals surface area contributed by atoms with Crippen LogP contribution in [0.2, 0.25) is 0 Å². The van der Waals surface area contributed by atoms with Crippen LogP contribution in [0.5, 0.6) is 0 Å². The Labute approximate surface area is 139 Å². The lowest BCUT2D eigenvalue weighted by molar-refractivity contribution is -0.149. The van der Waals surface area contributed by atoms with Crippen LogP contribution in [0, 0.1) is 13.8 Å². The Bertz CT molecular complexity index is 750. The summed E-state index contributed by atoms with van der Waals surface area (Å²) in [5.74, 6) is -0.431. The minimum absolute atomic E-state index is 0.185. The van der Waals surface area contributed by atoms with Crippen molar-refractivity contribution in [3.05, 3.63) is 27.1 Å². The zero-order chi connectivity index (χ0) is 17.0. The molecule has 0 aliphatic carbocycles. The number of aromatic nitrogens is 2. The highest BCUT2D eigenvalue weighted by Gasteiger charge is 2.23. The number of ether oxygens (including phenoxy) is 2. The molecule has 0 saturated carbocycles. The molecule has 0 fully saturated rings. The van der Waals surface area contributed by atoms with Crippen LogP contribution in [-0.2, 0) is 14.3 Å². The number of nitrogens with zero attached hydrogens (tertiary/aromatic N) is 2. The Balaban J connectivity index is 2.29. The van der Waals surface area contributed by atoms with Crippen molar-refractivity contribution in [1.82, 2.24) is 9.55 Å². The first-order valence-corrected chi connectivity index (χ1v) is 8.54. The van der Waals surface area contributed by atoms with Gasteiger partial charge in [0.2, 0.25) is 0 Å². The molecule has 23 heavy (non-hydrogen) atoms. The average molecular weight is 338 g/mol. The molecule has 0 spiro atoms. The fourth-order valence-electron chi connectivity index (χ4n) is 2.39. The summed E-state index contributed by atoms with van der Waals surface area (Å²) in [6.45, 7) is 8.70. The summed E-state index contributed by atoms with van der Waals surface area (Å²) in [4.78, 5) is 31.1. The van der Waals surface area contributed by atoms with E-state index in [4.69, 9.17) is 9.47 Å². The Hall–Kier alpha value is -1.73. The van der Waals surface area contributed by atoms with Crippen molar-refractivity contribution in [2.24, 2.45) is 0 Å². The summed E-state index contributed by atoms with van der Waals surface area (Å²) < 4.78 is 11.7. The van der Waals surface area contributed by atoms with Gasteiger partial charge in [0.05, 0.1) is 18.3 Å². The highest BCUT2D eigenvalue weighted by molar-refractivity contribution is 7.18. The van der Waals surface area contributed by atoms with E-state index in [0.29, 0.717) is 29.9 Å². The average Bonchev–Trinajstić information content (AvgIpc) is 2.82. The van der Waals surface area contributed by atoms with Crippen LogP contribution >= 0.6 is 11.3 Å². The zero-order valence-electron chi connectivity index (χ0n) is 13.9. The molecule has 0 aliphatic rings. The summed E-state index contributed by atoms with van der Waals surface area (Å²) in [6.07, 6.45) is 1.90. The van der Waals surface area contributed by atoms with Gasteiger partial charge in [-0.1, -0.05) is 6.92 Å². The van der Waals surface area contributed by atoms with E-state index in [2.05, 4.69) is 4.98 Å². The minimum atomic E-state index is -0.666. The van der Waals surface area contributed by atoms with E-state index in [9.17, 15) is 9.59 Å². The van der Waals surface area contributed by atoms with E-state index < -0.39 is 12.0 Å². The molecule has 2 rings (SSSR count). The fraction of sp³-hybridized carbons (Fsp3) is 0.562. The Morgan fingerprint density at radius 1 is 1.35 bits per heavy atom. The second-order valence-electron chi connectivity index (χ2n) is 5.21. The Morgan fingerprint density at radius 3 is 2.74 bits per heavy atom. The van der Waals surface area contributed by atoms with Gasteiger partial charge >= 0.3 is 5.97 Å². The molecule has 0 amide bonds. The van der Waals surface area contributed by atoms with Gasteiger partial charge in [-0.05, 0) is 32.8 Å². The first-order valence-electron chi connectivity index (χ1n) is 7.72. The van der Waals surface area contributed by atoms with Crippen LogP contribution in [0.3, 0.4) is 0 Å². The molecule has 0 N–H and O–H groups in total. The smallest absolute Gasteiger partial charge is 0.329 e. The topological polar surface area (TPSA) is 70.4 Å². The number of fused-ring (bicyclic) bond motifs is 1. The molecule has 0 aromatic carbocycles. The molecular weight excluding hydrogens is 316 g/mol. The van der Waals surface area contributed by atoms with Gasteiger partial charge < -0.3 is 9.47 Å². The van der Waals surface area contributed by atoms with Crippen molar-refractivity contribution < 1.29 is 14.3 Å². The summed E-state index contributed by atoms with van der Waals surface area (Å²) in [6, 6.07) is -0.666. The van der Waals surface area contributed by atoms with Crippen molar-refractivity contribution in [2.45, 2.75) is 40.2 Å². The van der Waals surface area contributed by atoms with Gasteiger partial charge in [0.1, 0.15) is 17.5 Å². The van der Waals surface area contributed by atoms with Crippen LogP contribution in [0.15, 0.2) is 11.1 Å². The van der Waals surface area contributed by atoms with Crippen molar-refractivity contribution in [3.63, 3.8) is 0 Å². The molecule has 0 radical (unpaired) electrons. The van der Waals surface area contributed by atoms with Crippen LogP contribution < -0.4 is 5.56 Å². The molecule has 0 unspecified atom stereocenters. The predicted molar refractivity (Wildman–Crippen MR) is 90.1 cm³/mol. The Kier molecular flexibility index (Phi) is 5.90. The molecule has 1 atom stereocenters. The third-order valence-corrected chi connectivity index (χ3v) is 4.90. The van der Waals surface area contributed by atoms with Gasteiger partial charge in [0.25, 0.3) is 5.56 Å². The van der Waals surface area contributed by atoms with Crippen molar-refractivity contribution in [1.29, 1.82) is 0 Å². The SMILES string of the molecule is CCOCCOC(=O)[C@H](CC)n1cnc2sc(C)c(C)c2c1=O. The second kappa shape index (κ2) is 7.70. The third kappa shape index (κ3) is 3.61. The van der Waals surface area contributed by atoms with Crippen LogP contribution in [0.4, 0.5) is 0 Å². The van der Waals surface area contributed by atoms with Crippen molar-refractivity contribution >= 4 is 27.5 Å². The standard InChI is InChI=1S/C16H22N2O4S/c1-5-12(16(20)22-8-7-21-6-2)18-9-17-14-13(15(18)19)10(3)11(4)23-14/h9,12H,5-8H2,1-4H3/t12-/m0/s1. The van der Waals surface area contributed by atoms with E-state index in [1.54, 1.807) is 0 Å². The fourth-order valence-corrected chi connectivity index (χ4v) is 3.38. The second-order valence-corrected chi connectivity index (χ2v) is 6.41. The highest BCUT2D eigenvalue weighted by atomic mass is 32.1. The summed E-state index contributed by atoms with van der Waals surface area (Å²) in [7, 11) is 0. The molecule has 7 heteroatoms. The molecule has 0 aliphatic heterocycles. The van der Waals surface area contributed by atoms with Gasteiger partial charge in [0.15, 0.2) is 0 Å². The molecule has 6 nitrogen and oxygen atoms in total. The number of carbonyl (C=O) groups excluding carboxylic acids is 1. The number of thiophene rings is 1. The summed E-state index contributed by atoms with van der Waals surface area (Å²) in [5, 5.41) is 0.593. The van der Waals surface area contributed by atoms with Crippen LogP contribution in [0.1, 0.15) is 36.8 Å². The van der Waals surface area contributed by atoms with E-state index in [-0.39, 0.29) is 12.2 Å². The molecule has 2 aromatic rings. The van der Waals surface area contributed by atoms with Crippen LogP contribution in [-0.4, -0.2) is 35.3 Å². The maximum Gasteiger partial charge on any atom is 0.329 e. The maximum absolute atomic E-state index is 12.7. The number of hydrogen-bond acceptors (Lipinski definition) is 6. The molecule has 2 heterocycles. The summed E-state index contributed by atoms with van der Waals surface area (Å²) in [5.41, 5.74) is 0.738. The number of rotatable bonds is 7. The normalized spacial score (nSPS) is 12.5. The van der Waals surface area contributed by atoms with Crippen molar-refractivity contribution in [2.75, 3.05) is 19.8 Å². The third-order valence-electron chi connectivity index (χ3n) is 3.79. The molecule has 0 bridgehead atoms. The van der Waals surface area contributed by atoms with E-state index in [1.807, 2.05) is 27.7 Å². The van der Waals surface area contributed by atoms with Crippen molar-refractivity contribution in [3.8, 4) is 0 Å². The van der Waals surface area contributed by atoms with E-state index in [1.165, 1.54) is 22.2 Å². The predicted octanol–water partition coefficient (Wildman–Crippen LogP) is 2.61. The van der Waals surface area contributed by atoms with Gasteiger partial charge in [-0.2, -0.15) is 0 Å². The first-order chi connectivity index (χ1) is 11.0. The number of esters is 1. The quantitative estimate of drug-likeness (QED) is 0.573. The molecule has 126 valence electrons. The lowest BCUT2D eigenvalue weighted by Gasteiger charge is -2.16. The molecule has 2 aromatic heterocycles. The number of carbonyl (C=O) groups is 1. The number of hydrogen-bond donors (Lipinski definition) is 0. The maximum atomic E-state index is 12.7. The lowest BCUT2D eigenvalue weighted by atomic mass is 10.2. The monoisotopic (exact) mass is 338 g/mol. The minimum Gasteiger partial charge on any atom is -0.462 e. The van der Waals surface area contributed by atoms with Gasteiger partial charge in [-0.25, -0.2) is 9.78 Å². The lowest BCUT2D eigenvalue weighted by Crippen LogP contribution is -2.31. The molecule has 0 saturated heterocycles. The number of aryl methyl sites for hydroxylation is 2. The van der Waals surface area contributed by atoms with E-state index in [0.717, 1.165) is 10.4 Å². The van der Waals surface area contributed by atoms with E-state index >= 15 is 0 Å². The van der Waals surface area contributed by atoms with Gasteiger partial charge in [-0.15, -0.1) is 11.3 Å². The first kappa shape index (κ1) is 17.6. The van der Waals surface area contributed by atoms with Gasteiger partial charge in [-0.3, -0.25) is 9.36 Å². The molecular formula is C16H22N2O4S. The Morgan fingerprint density at radius 2 is 2.09 bits per heavy atom. The van der Waals surface area contributed by atoms with Crippen LogP contribution in [0.25, 0.3) is 10.2 Å². The summed E-state index contributed by atoms with van der Waals surface area (Å²) >= 11 is 1.49. The van der Waals surface area contributed by atoms with Gasteiger partial charge in [0, 0.05) is 11.5 Å². The largest absolute Gasteiger partial charge is 0.462 e.